The van der Waals surface area contributed by atoms with E-state index in [4.69, 9.17) is 22.1 Å². The van der Waals surface area contributed by atoms with Gasteiger partial charge >= 0.3 is 0 Å². The van der Waals surface area contributed by atoms with Gasteiger partial charge in [0.25, 0.3) is 0 Å². The van der Waals surface area contributed by atoms with Crippen LogP contribution in [-0.4, -0.2) is 14.0 Å². The second kappa shape index (κ2) is 8.39. The van der Waals surface area contributed by atoms with Crippen molar-refractivity contribution in [2.75, 3.05) is 0 Å². The molecule has 26 heavy (non-hydrogen) atoms. The number of primary amides is 1. The van der Waals surface area contributed by atoms with E-state index in [1.165, 1.54) is 6.07 Å². The summed E-state index contributed by atoms with van der Waals surface area (Å²) < 4.78 is 20.2. The van der Waals surface area contributed by atoms with Crippen LogP contribution in [0.2, 0.25) is 24.7 Å². The highest BCUT2D eigenvalue weighted by Crippen LogP contribution is 2.34. The maximum absolute atomic E-state index is 14.6. The molecule has 0 fully saturated rings. The van der Waals surface area contributed by atoms with E-state index < -0.39 is 19.8 Å². The fraction of sp³-hybridized carbons (Fsp3) is 0.250. The van der Waals surface area contributed by atoms with Crippen LogP contribution < -0.4 is 10.5 Å². The first-order valence-electron chi connectivity index (χ1n) is 8.22. The molecule has 0 aliphatic carbocycles. The molecule has 2 rings (SSSR count). The van der Waals surface area contributed by atoms with Gasteiger partial charge in [-0.2, -0.15) is 0 Å². The maximum atomic E-state index is 14.6. The average Bonchev–Trinajstić information content (AvgIpc) is 2.56. The van der Waals surface area contributed by atoms with Gasteiger partial charge in [0, 0.05) is 12.0 Å². The van der Waals surface area contributed by atoms with Gasteiger partial charge < -0.3 is 10.5 Å². The van der Waals surface area contributed by atoms with Crippen LogP contribution >= 0.6 is 11.6 Å². The molecule has 136 valence electrons. The normalized spacial score (nSPS) is 10.8. The van der Waals surface area contributed by atoms with Gasteiger partial charge in [-0.3, -0.25) is 4.79 Å². The van der Waals surface area contributed by atoms with E-state index in [0.717, 1.165) is 5.56 Å². The molecule has 0 aliphatic rings. The summed E-state index contributed by atoms with van der Waals surface area (Å²) in [4.78, 5) is 10.9. The zero-order valence-corrected chi connectivity index (χ0v) is 16.8. The topological polar surface area (TPSA) is 52.3 Å². The fourth-order valence-electron chi connectivity index (χ4n) is 2.10. The predicted octanol–water partition coefficient (Wildman–Crippen LogP) is 4.92. The molecule has 0 spiro atoms. The van der Waals surface area contributed by atoms with Crippen molar-refractivity contribution in [3.63, 3.8) is 0 Å². The fourth-order valence-corrected chi connectivity index (χ4v) is 2.81. The molecule has 6 heteroatoms. The first-order valence-corrected chi connectivity index (χ1v) is 12.1. The molecule has 0 bridgehead atoms. The molecule has 0 aromatic heterocycles. The number of halogens is 2. The van der Waals surface area contributed by atoms with Crippen LogP contribution in [0.5, 0.6) is 11.5 Å². The second-order valence-corrected chi connectivity index (χ2v) is 12.1. The van der Waals surface area contributed by atoms with Crippen LogP contribution in [0, 0.1) is 17.3 Å². The Morgan fingerprint density at radius 2 is 1.85 bits per heavy atom. The number of hydrogen-bond donors (Lipinski definition) is 1. The van der Waals surface area contributed by atoms with Crippen LogP contribution in [0.3, 0.4) is 0 Å². The number of nitrogens with two attached hydrogens (primary N) is 1. The highest BCUT2D eigenvalue weighted by atomic mass is 35.5. The molecule has 0 heterocycles. The number of carbonyl (C=O) groups excluding carboxylic acids is 1. The molecule has 0 atom stereocenters. The minimum absolute atomic E-state index is 0.0580. The lowest BCUT2D eigenvalue weighted by molar-refractivity contribution is -0.117. The summed E-state index contributed by atoms with van der Waals surface area (Å²) in [7, 11) is -1.44. The molecule has 2 aromatic rings. The minimum atomic E-state index is -1.44. The lowest BCUT2D eigenvalue weighted by atomic mass is 10.1. The van der Waals surface area contributed by atoms with Gasteiger partial charge in [0.15, 0.2) is 11.6 Å². The van der Waals surface area contributed by atoms with Crippen LogP contribution in [0.25, 0.3) is 0 Å². The molecular weight excluding hydrogens is 369 g/mol. The number of aryl methyl sites for hydroxylation is 1. The largest absolute Gasteiger partial charge is 0.453 e. The summed E-state index contributed by atoms with van der Waals surface area (Å²) >= 11 is 6.07. The molecule has 0 saturated heterocycles. The van der Waals surface area contributed by atoms with Gasteiger partial charge in [0.2, 0.25) is 5.91 Å². The van der Waals surface area contributed by atoms with Crippen molar-refractivity contribution in [3.05, 3.63) is 58.4 Å². The number of carbonyl (C=O) groups is 1. The molecule has 2 aromatic carbocycles. The number of amides is 1. The van der Waals surface area contributed by atoms with E-state index in [1.54, 1.807) is 18.2 Å². The molecular formula is C20H21ClFNO2Si. The number of benzene rings is 2. The molecule has 0 aliphatic heterocycles. The smallest absolute Gasteiger partial charge is 0.217 e. The first-order chi connectivity index (χ1) is 12.2. The Bertz CT molecular complexity index is 864. The number of hydrogen-bond acceptors (Lipinski definition) is 2. The minimum Gasteiger partial charge on any atom is -0.453 e. The van der Waals surface area contributed by atoms with Crippen molar-refractivity contribution in [3.8, 4) is 23.0 Å². The summed E-state index contributed by atoms with van der Waals surface area (Å²) in [5.41, 5.74) is 9.62. The van der Waals surface area contributed by atoms with E-state index in [0.29, 0.717) is 11.3 Å². The van der Waals surface area contributed by atoms with Gasteiger partial charge in [-0.05, 0) is 42.3 Å². The molecule has 2 N–H and O–H groups in total. The van der Waals surface area contributed by atoms with Crippen molar-refractivity contribution < 1.29 is 13.9 Å². The van der Waals surface area contributed by atoms with Crippen LogP contribution in [-0.2, 0) is 11.2 Å². The maximum Gasteiger partial charge on any atom is 0.217 e. The Hall–Kier alpha value is -2.29. The monoisotopic (exact) mass is 389 g/mol. The predicted molar refractivity (Wildman–Crippen MR) is 106 cm³/mol. The lowest BCUT2D eigenvalue weighted by Gasteiger charge is -2.12. The zero-order chi connectivity index (χ0) is 19.3. The number of rotatable bonds is 5. The SMILES string of the molecule is C[Si](C)(C)C#Cc1ccc(Oc2c(Cl)ccc(CCC(N)=O)c2F)cc1. The van der Waals surface area contributed by atoms with Crippen molar-refractivity contribution in [1.29, 1.82) is 0 Å². The van der Waals surface area contributed by atoms with E-state index in [1.807, 2.05) is 12.1 Å². The number of ether oxygens (including phenoxy) is 1. The third-order valence-corrected chi connectivity index (χ3v) is 4.60. The van der Waals surface area contributed by atoms with E-state index in [-0.39, 0.29) is 23.6 Å². The van der Waals surface area contributed by atoms with Crippen molar-refractivity contribution in [2.24, 2.45) is 5.73 Å². The highest BCUT2D eigenvalue weighted by molar-refractivity contribution is 6.83. The Kier molecular flexibility index (Phi) is 6.46. The molecule has 1 amide bonds. The zero-order valence-electron chi connectivity index (χ0n) is 15.0. The summed E-state index contributed by atoms with van der Waals surface area (Å²) in [5.74, 6) is 2.47. The standard InChI is InChI=1S/C20H21ClFNO2Si/c1-26(2,3)13-12-14-4-8-16(9-5-14)25-20-17(21)10-6-15(19(20)22)7-11-18(23)24/h4-6,8-10H,7,11H2,1-3H3,(H2,23,24). The van der Waals surface area contributed by atoms with Crippen LogP contribution in [0.1, 0.15) is 17.5 Å². The second-order valence-electron chi connectivity index (χ2n) is 6.94. The van der Waals surface area contributed by atoms with Crippen LogP contribution in [0.4, 0.5) is 4.39 Å². The molecule has 3 nitrogen and oxygen atoms in total. The van der Waals surface area contributed by atoms with Crippen molar-refractivity contribution >= 4 is 25.6 Å². The Morgan fingerprint density at radius 1 is 1.19 bits per heavy atom. The van der Waals surface area contributed by atoms with Gasteiger partial charge in [0.05, 0.1) is 5.02 Å². The summed E-state index contributed by atoms with van der Waals surface area (Å²) in [5, 5.41) is 0.160. The molecule has 0 unspecified atom stereocenters. The van der Waals surface area contributed by atoms with Crippen molar-refractivity contribution in [1.82, 2.24) is 0 Å². The van der Waals surface area contributed by atoms with Gasteiger partial charge in [0.1, 0.15) is 13.8 Å². The summed E-state index contributed by atoms with van der Waals surface area (Å²) in [6, 6.07) is 10.2. The third kappa shape index (κ3) is 5.90. The van der Waals surface area contributed by atoms with E-state index >= 15 is 0 Å². The Labute approximate surface area is 159 Å². The summed E-state index contributed by atoms with van der Waals surface area (Å²) in [6.45, 7) is 6.52. The quantitative estimate of drug-likeness (QED) is 0.583. The Morgan fingerprint density at radius 3 is 2.42 bits per heavy atom. The first kappa shape index (κ1) is 20.0. The van der Waals surface area contributed by atoms with E-state index in [9.17, 15) is 9.18 Å². The van der Waals surface area contributed by atoms with E-state index in [2.05, 4.69) is 31.1 Å². The average molecular weight is 390 g/mol. The Balaban J connectivity index is 2.21. The van der Waals surface area contributed by atoms with Crippen molar-refractivity contribution in [2.45, 2.75) is 32.5 Å². The molecule has 0 saturated carbocycles. The summed E-state index contributed by atoms with van der Waals surface area (Å²) in [6.07, 6.45) is 0.252. The molecule has 0 radical (unpaired) electrons. The van der Waals surface area contributed by atoms with Gasteiger partial charge in [-0.1, -0.05) is 43.2 Å². The third-order valence-electron chi connectivity index (χ3n) is 3.43. The van der Waals surface area contributed by atoms with Gasteiger partial charge in [-0.25, -0.2) is 4.39 Å². The van der Waals surface area contributed by atoms with Gasteiger partial charge in [-0.15, -0.1) is 5.54 Å². The van der Waals surface area contributed by atoms with Crippen LogP contribution in [0.15, 0.2) is 36.4 Å². The lowest BCUT2D eigenvalue weighted by Crippen LogP contribution is -2.16. The highest BCUT2D eigenvalue weighted by Gasteiger charge is 2.15.